The molecule has 4 nitrogen and oxygen atoms in total. The summed E-state index contributed by atoms with van der Waals surface area (Å²) in [5.74, 6) is -0.969. The summed E-state index contributed by atoms with van der Waals surface area (Å²) in [6, 6.07) is 18.9. The van der Waals surface area contributed by atoms with Crippen LogP contribution in [0.25, 0.3) is 5.57 Å². The van der Waals surface area contributed by atoms with E-state index < -0.39 is 17.6 Å². The maximum absolute atomic E-state index is 13.8. The van der Waals surface area contributed by atoms with Crippen LogP contribution in [0.1, 0.15) is 42.0 Å². The van der Waals surface area contributed by atoms with Gasteiger partial charge in [-0.15, -0.1) is 0 Å². The van der Waals surface area contributed by atoms with E-state index in [4.69, 9.17) is 0 Å². The van der Waals surface area contributed by atoms with Gasteiger partial charge in [0.25, 0.3) is 11.8 Å². The first-order valence-electron chi connectivity index (χ1n) is 10.6. The minimum atomic E-state index is -0.468. The Hall–Kier alpha value is -3.73. The highest BCUT2D eigenvalue weighted by atomic mass is 19.1. The predicted octanol–water partition coefficient (Wildman–Crippen LogP) is 5.96. The number of imide groups is 1. The van der Waals surface area contributed by atoms with E-state index in [0.717, 1.165) is 16.7 Å². The molecule has 1 aliphatic heterocycles. The number of benzene rings is 3. The third-order valence-corrected chi connectivity index (χ3v) is 5.79. The number of nitrogens with one attached hydrogen (secondary N) is 1. The second kappa shape index (κ2) is 8.42. The van der Waals surface area contributed by atoms with E-state index >= 15 is 0 Å². The van der Waals surface area contributed by atoms with Crippen LogP contribution in [0.5, 0.6) is 0 Å². The third-order valence-electron chi connectivity index (χ3n) is 5.79. The van der Waals surface area contributed by atoms with Crippen molar-refractivity contribution in [1.82, 2.24) is 0 Å². The van der Waals surface area contributed by atoms with E-state index in [2.05, 4.69) is 19.2 Å². The van der Waals surface area contributed by atoms with Crippen LogP contribution in [0.15, 0.2) is 72.4 Å². The fourth-order valence-electron chi connectivity index (χ4n) is 3.76. The Morgan fingerprint density at radius 3 is 2.19 bits per heavy atom. The molecule has 0 aromatic heterocycles. The molecule has 0 atom stereocenters. The van der Waals surface area contributed by atoms with E-state index in [1.807, 2.05) is 44.2 Å². The Kier molecular flexibility index (Phi) is 5.66. The van der Waals surface area contributed by atoms with Crippen LogP contribution in [-0.4, -0.2) is 11.8 Å². The lowest BCUT2D eigenvalue weighted by molar-refractivity contribution is -0.120. The number of hydrogen-bond donors (Lipinski definition) is 1. The Bertz CT molecular complexity index is 1240. The molecule has 0 unspecified atom stereocenters. The molecule has 0 aliphatic carbocycles. The minimum absolute atomic E-state index is 0.136. The van der Waals surface area contributed by atoms with Gasteiger partial charge in [0.15, 0.2) is 0 Å². The smallest absolute Gasteiger partial charge is 0.282 e. The number of rotatable bonds is 5. The first-order valence-corrected chi connectivity index (χ1v) is 10.6. The molecule has 5 heteroatoms. The molecule has 0 saturated heterocycles. The molecule has 3 aromatic carbocycles. The number of anilines is 2. The zero-order valence-electron chi connectivity index (χ0n) is 18.6. The van der Waals surface area contributed by atoms with Gasteiger partial charge in [0, 0.05) is 5.69 Å². The van der Waals surface area contributed by atoms with Crippen LogP contribution in [-0.2, 0) is 9.59 Å². The number of halogens is 1. The van der Waals surface area contributed by atoms with Gasteiger partial charge in [-0.05, 0) is 72.4 Å². The molecule has 32 heavy (non-hydrogen) atoms. The molecule has 2 amide bonds. The molecule has 0 fully saturated rings. The summed E-state index contributed by atoms with van der Waals surface area (Å²) in [7, 11) is 0. The SMILES string of the molecule is Cc1ccc(C2=C(Nc3cccc(F)c3)C(=O)N(c3ccc(C(C)C)cc3)C2=O)cc1C. The van der Waals surface area contributed by atoms with Crippen LogP contribution in [0.3, 0.4) is 0 Å². The van der Waals surface area contributed by atoms with Crippen molar-refractivity contribution < 1.29 is 14.0 Å². The van der Waals surface area contributed by atoms with Gasteiger partial charge in [-0.2, -0.15) is 0 Å². The highest BCUT2D eigenvalue weighted by Crippen LogP contribution is 2.35. The number of aryl methyl sites for hydroxylation is 2. The molecule has 1 N–H and O–H groups in total. The number of nitrogens with zero attached hydrogens (tertiary/aromatic N) is 1. The van der Waals surface area contributed by atoms with Crippen molar-refractivity contribution in [1.29, 1.82) is 0 Å². The summed E-state index contributed by atoms with van der Waals surface area (Å²) in [6.45, 7) is 8.12. The molecule has 1 heterocycles. The normalized spacial score (nSPS) is 14.0. The number of carbonyl (C=O) groups excluding carboxylic acids is 2. The second-order valence-corrected chi connectivity index (χ2v) is 8.38. The van der Waals surface area contributed by atoms with Gasteiger partial charge in [-0.3, -0.25) is 9.59 Å². The highest BCUT2D eigenvalue weighted by Gasteiger charge is 2.40. The predicted molar refractivity (Wildman–Crippen MR) is 126 cm³/mol. The van der Waals surface area contributed by atoms with Gasteiger partial charge in [-0.1, -0.05) is 50.2 Å². The molecule has 3 aromatic rings. The lowest BCUT2D eigenvalue weighted by Crippen LogP contribution is -2.32. The van der Waals surface area contributed by atoms with Gasteiger partial charge in [0.05, 0.1) is 11.3 Å². The fraction of sp³-hybridized carbons (Fsp3) is 0.185. The minimum Gasteiger partial charge on any atom is -0.350 e. The Morgan fingerprint density at radius 2 is 1.56 bits per heavy atom. The van der Waals surface area contributed by atoms with E-state index in [0.29, 0.717) is 22.9 Å². The Balaban J connectivity index is 1.81. The van der Waals surface area contributed by atoms with Crippen molar-refractivity contribution in [2.45, 2.75) is 33.6 Å². The Labute approximate surface area is 187 Å². The maximum Gasteiger partial charge on any atom is 0.282 e. The lowest BCUT2D eigenvalue weighted by Gasteiger charge is -2.16. The summed E-state index contributed by atoms with van der Waals surface area (Å²) in [5, 5.41) is 3.00. The first kappa shape index (κ1) is 21.5. The van der Waals surface area contributed by atoms with Crippen LogP contribution in [0.2, 0.25) is 0 Å². The molecule has 0 bridgehead atoms. The van der Waals surface area contributed by atoms with E-state index in [1.54, 1.807) is 24.3 Å². The summed E-state index contributed by atoms with van der Waals surface area (Å²) in [5.41, 5.74) is 5.18. The van der Waals surface area contributed by atoms with Crippen molar-refractivity contribution in [2.24, 2.45) is 0 Å². The van der Waals surface area contributed by atoms with Crippen molar-refractivity contribution in [3.05, 3.63) is 100 Å². The zero-order chi connectivity index (χ0) is 23.0. The van der Waals surface area contributed by atoms with Crippen LogP contribution < -0.4 is 10.2 Å². The molecule has 4 rings (SSSR count). The van der Waals surface area contributed by atoms with E-state index in [1.165, 1.54) is 17.0 Å². The number of hydrogen-bond acceptors (Lipinski definition) is 3. The van der Waals surface area contributed by atoms with Gasteiger partial charge in [0.1, 0.15) is 11.5 Å². The fourth-order valence-corrected chi connectivity index (χ4v) is 3.76. The maximum atomic E-state index is 13.8. The van der Waals surface area contributed by atoms with E-state index in [-0.39, 0.29) is 11.3 Å². The molecular weight excluding hydrogens is 403 g/mol. The second-order valence-electron chi connectivity index (χ2n) is 8.38. The van der Waals surface area contributed by atoms with Crippen molar-refractivity contribution >= 4 is 28.8 Å². The van der Waals surface area contributed by atoms with Crippen LogP contribution >= 0.6 is 0 Å². The van der Waals surface area contributed by atoms with Crippen molar-refractivity contribution in [2.75, 3.05) is 10.2 Å². The summed E-state index contributed by atoms with van der Waals surface area (Å²) in [4.78, 5) is 28.2. The molecule has 0 radical (unpaired) electrons. The number of carbonyl (C=O) groups is 2. The van der Waals surface area contributed by atoms with Crippen molar-refractivity contribution in [3.63, 3.8) is 0 Å². The van der Waals surface area contributed by atoms with Crippen LogP contribution in [0, 0.1) is 19.7 Å². The van der Waals surface area contributed by atoms with Crippen molar-refractivity contribution in [3.8, 4) is 0 Å². The molecule has 162 valence electrons. The topological polar surface area (TPSA) is 49.4 Å². The Morgan fingerprint density at radius 1 is 0.844 bits per heavy atom. The van der Waals surface area contributed by atoms with Gasteiger partial charge >= 0.3 is 0 Å². The molecule has 0 spiro atoms. The monoisotopic (exact) mass is 428 g/mol. The summed E-state index contributed by atoms with van der Waals surface area (Å²) in [6.07, 6.45) is 0. The zero-order valence-corrected chi connectivity index (χ0v) is 18.6. The average molecular weight is 429 g/mol. The quantitative estimate of drug-likeness (QED) is 0.510. The van der Waals surface area contributed by atoms with E-state index in [9.17, 15) is 14.0 Å². The lowest BCUT2D eigenvalue weighted by atomic mass is 9.99. The average Bonchev–Trinajstić information content (AvgIpc) is 3.00. The van der Waals surface area contributed by atoms with Gasteiger partial charge < -0.3 is 5.32 Å². The highest BCUT2D eigenvalue weighted by molar-refractivity contribution is 6.46. The molecule has 0 saturated carbocycles. The molecule has 1 aliphatic rings. The number of amides is 2. The van der Waals surface area contributed by atoms with Gasteiger partial charge in [0.2, 0.25) is 0 Å². The molecular formula is C27H25FN2O2. The largest absolute Gasteiger partial charge is 0.350 e. The standard InChI is InChI=1S/C27H25FN2O2/c1-16(2)19-10-12-23(13-11-19)30-26(31)24(20-9-8-17(3)18(4)14-20)25(27(30)32)29-22-7-5-6-21(28)15-22/h5-16,29H,1-4H3. The summed E-state index contributed by atoms with van der Waals surface area (Å²) >= 11 is 0. The summed E-state index contributed by atoms with van der Waals surface area (Å²) < 4.78 is 13.8. The van der Waals surface area contributed by atoms with Gasteiger partial charge in [-0.25, -0.2) is 9.29 Å². The third kappa shape index (κ3) is 3.94. The first-order chi connectivity index (χ1) is 15.3. The van der Waals surface area contributed by atoms with Crippen LogP contribution in [0.4, 0.5) is 15.8 Å².